The molecular formula is C11H14N2O5. The highest BCUT2D eigenvalue weighted by Gasteiger charge is 2.20. The molecule has 1 aliphatic heterocycles. The van der Waals surface area contributed by atoms with Crippen LogP contribution in [-0.2, 0) is 4.79 Å². The topological polar surface area (TPSA) is 113 Å². The highest BCUT2D eigenvalue weighted by Crippen LogP contribution is 2.23. The van der Waals surface area contributed by atoms with Gasteiger partial charge in [-0.25, -0.2) is 0 Å². The number of aliphatic carboxylic acids is 1. The predicted molar refractivity (Wildman–Crippen MR) is 63.4 cm³/mol. The van der Waals surface area contributed by atoms with Gasteiger partial charge < -0.3 is 15.5 Å². The Morgan fingerprint density at radius 3 is 2.44 bits per heavy atom. The van der Waals surface area contributed by atoms with Gasteiger partial charge in [-0.3, -0.25) is 14.9 Å². The number of aromatic hydroxyl groups is 1. The summed E-state index contributed by atoms with van der Waals surface area (Å²) in [6.45, 7) is 0.858. The number of nitrogens with one attached hydrogen (secondary N) is 1. The minimum absolute atomic E-state index is 0.262. The summed E-state index contributed by atoms with van der Waals surface area (Å²) in [5.74, 6) is -1.02. The van der Waals surface area contributed by atoms with Gasteiger partial charge in [0.25, 0.3) is 0 Å². The van der Waals surface area contributed by atoms with Crippen molar-refractivity contribution in [2.75, 3.05) is 6.54 Å². The normalized spacial score (nSPS) is 17.7. The molecule has 0 aromatic heterocycles. The lowest BCUT2D eigenvalue weighted by Gasteiger charge is -1.99. The lowest BCUT2D eigenvalue weighted by atomic mass is 10.2. The number of phenols is 1. The second-order valence-corrected chi connectivity index (χ2v) is 3.73. The summed E-state index contributed by atoms with van der Waals surface area (Å²) in [4.78, 5) is 19.6. The van der Waals surface area contributed by atoms with Gasteiger partial charge in [0.05, 0.1) is 4.92 Å². The molecule has 18 heavy (non-hydrogen) atoms. The van der Waals surface area contributed by atoms with Crippen LogP contribution in [0.3, 0.4) is 0 Å². The minimum atomic E-state index is -0.720. The average molecular weight is 254 g/mol. The van der Waals surface area contributed by atoms with E-state index in [-0.39, 0.29) is 17.5 Å². The molecule has 3 N–H and O–H groups in total. The quantitative estimate of drug-likeness (QED) is 0.538. The molecule has 1 atom stereocenters. The van der Waals surface area contributed by atoms with Crippen molar-refractivity contribution in [1.82, 2.24) is 5.32 Å². The standard InChI is InChI=1S/C6H5NO3.C5H9NO2/c8-6-4-2-1-3-5(6)7(9)10;7-5(8)4-2-1-3-6-4/h1-4,8H;4,6H,1-3H2,(H,7,8). The number of carboxylic acids is 1. The fourth-order valence-electron chi connectivity index (χ4n) is 1.51. The first kappa shape index (κ1) is 13.9. The largest absolute Gasteiger partial charge is 0.502 e. The van der Waals surface area contributed by atoms with Crippen LogP contribution in [0.1, 0.15) is 12.8 Å². The number of carboxylic acid groups (broad SMARTS) is 1. The van der Waals surface area contributed by atoms with Gasteiger partial charge in [0.1, 0.15) is 6.04 Å². The fraction of sp³-hybridized carbons (Fsp3) is 0.364. The molecule has 1 aromatic carbocycles. The van der Waals surface area contributed by atoms with Crippen LogP contribution in [0.15, 0.2) is 24.3 Å². The highest BCUT2D eigenvalue weighted by molar-refractivity contribution is 5.73. The van der Waals surface area contributed by atoms with Gasteiger partial charge in [0.2, 0.25) is 0 Å². The van der Waals surface area contributed by atoms with E-state index in [4.69, 9.17) is 10.2 Å². The van der Waals surface area contributed by atoms with Crippen molar-refractivity contribution < 1.29 is 19.9 Å². The van der Waals surface area contributed by atoms with E-state index in [1.807, 2.05) is 0 Å². The van der Waals surface area contributed by atoms with E-state index in [1.54, 1.807) is 0 Å². The van der Waals surface area contributed by atoms with Crippen molar-refractivity contribution in [2.24, 2.45) is 0 Å². The summed E-state index contributed by atoms with van der Waals surface area (Å²) in [5, 5.41) is 30.1. The first-order valence-corrected chi connectivity index (χ1v) is 5.41. The number of phenolic OH excluding ortho intramolecular Hbond substituents is 1. The number of para-hydroxylation sites is 2. The molecule has 7 heteroatoms. The number of carbonyl (C=O) groups is 1. The first-order valence-electron chi connectivity index (χ1n) is 5.41. The van der Waals surface area contributed by atoms with Crippen molar-refractivity contribution in [1.29, 1.82) is 0 Å². The van der Waals surface area contributed by atoms with E-state index in [1.165, 1.54) is 24.3 Å². The van der Waals surface area contributed by atoms with Gasteiger partial charge in [-0.2, -0.15) is 0 Å². The Labute approximate surface area is 103 Å². The van der Waals surface area contributed by atoms with Crippen LogP contribution >= 0.6 is 0 Å². The molecule has 98 valence electrons. The van der Waals surface area contributed by atoms with Crippen molar-refractivity contribution in [3.63, 3.8) is 0 Å². The molecule has 0 bridgehead atoms. The molecule has 1 heterocycles. The van der Waals surface area contributed by atoms with Gasteiger partial charge in [-0.15, -0.1) is 0 Å². The van der Waals surface area contributed by atoms with Crippen molar-refractivity contribution in [3.8, 4) is 5.75 Å². The van der Waals surface area contributed by atoms with Gasteiger partial charge in [0.15, 0.2) is 5.75 Å². The third-order valence-corrected chi connectivity index (χ3v) is 2.44. The number of nitrogens with zero attached hydrogens (tertiary/aromatic N) is 1. The van der Waals surface area contributed by atoms with Crippen molar-refractivity contribution >= 4 is 11.7 Å². The highest BCUT2D eigenvalue weighted by atomic mass is 16.6. The maximum Gasteiger partial charge on any atom is 0.320 e. The number of rotatable bonds is 2. The molecule has 1 aliphatic rings. The Bertz CT molecular complexity index is 429. The minimum Gasteiger partial charge on any atom is -0.502 e. The lowest BCUT2D eigenvalue weighted by Crippen LogP contribution is -2.29. The van der Waals surface area contributed by atoms with Gasteiger partial charge in [0, 0.05) is 6.07 Å². The molecule has 0 radical (unpaired) electrons. The smallest absolute Gasteiger partial charge is 0.320 e. The van der Waals surface area contributed by atoms with Crippen molar-refractivity contribution in [2.45, 2.75) is 18.9 Å². The molecular weight excluding hydrogens is 240 g/mol. The number of benzene rings is 1. The molecule has 2 rings (SSSR count). The Hall–Kier alpha value is -2.15. The van der Waals surface area contributed by atoms with E-state index < -0.39 is 10.9 Å². The zero-order chi connectivity index (χ0) is 13.5. The summed E-state index contributed by atoms with van der Waals surface area (Å²) in [7, 11) is 0. The third-order valence-electron chi connectivity index (χ3n) is 2.44. The Balaban J connectivity index is 0.000000184. The number of nitro benzene ring substituents is 1. The number of nitro groups is 1. The van der Waals surface area contributed by atoms with Crippen LogP contribution in [0.25, 0.3) is 0 Å². The second-order valence-electron chi connectivity index (χ2n) is 3.73. The van der Waals surface area contributed by atoms with Crippen LogP contribution < -0.4 is 5.32 Å². The monoisotopic (exact) mass is 254 g/mol. The van der Waals surface area contributed by atoms with Crippen LogP contribution in [0.4, 0.5) is 5.69 Å². The molecule has 0 saturated carbocycles. The zero-order valence-electron chi connectivity index (χ0n) is 9.57. The first-order chi connectivity index (χ1) is 8.52. The zero-order valence-corrected chi connectivity index (χ0v) is 9.57. The Kier molecular flexibility index (Phi) is 5.06. The molecule has 7 nitrogen and oxygen atoms in total. The van der Waals surface area contributed by atoms with Crippen LogP contribution in [0.5, 0.6) is 5.75 Å². The van der Waals surface area contributed by atoms with Crippen LogP contribution in [0, 0.1) is 10.1 Å². The summed E-state index contributed by atoms with van der Waals surface area (Å²) in [6.07, 6.45) is 1.78. The number of hydrogen-bond donors (Lipinski definition) is 3. The van der Waals surface area contributed by atoms with E-state index in [0.29, 0.717) is 0 Å². The molecule has 0 spiro atoms. The van der Waals surface area contributed by atoms with Crippen LogP contribution in [0.2, 0.25) is 0 Å². The third kappa shape index (κ3) is 4.02. The van der Waals surface area contributed by atoms with E-state index in [9.17, 15) is 14.9 Å². The van der Waals surface area contributed by atoms with Gasteiger partial charge >= 0.3 is 11.7 Å². The fourth-order valence-corrected chi connectivity index (χ4v) is 1.51. The van der Waals surface area contributed by atoms with Gasteiger partial charge in [-0.05, 0) is 25.5 Å². The average Bonchev–Trinajstić information content (AvgIpc) is 2.83. The molecule has 1 aromatic rings. The summed E-state index contributed by atoms with van der Waals surface area (Å²) in [5.41, 5.74) is -0.262. The number of hydrogen-bond acceptors (Lipinski definition) is 5. The molecule has 0 aliphatic carbocycles. The summed E-state index contributed by atoms with van der Waals surface area (Å²) in [6, 6.07) is 5.28. The Morgan fingerprint density at radius 2 is 2.11 bits per heavy atom. The molecule has 1 saturated heterocycles. The summed E-state index contributed by atoms with van der Waals surface area (Å²) >= 11 is 0. The maximum absolute atomic E-state index is 10.1. The summed E-state index contributed by atoms with van der Waals surface area (Å²) < 4.78 is 0. The SMILES string of the molecule is O=C(O)C1CCCN1.O=[N+]([O-])c1ccccc1O. The molecule has 1 unspecified atom stereocenters. The maximum atomic E-state index is 10.1. The molecule has 1 fully saturated rings. The Morgan fingerprint density at radius 1 is 1.44 bits per heavy atom. The molecule has 0 amide bonds. The second kappa shape index (κ2) is 6.55. The lowest BCUT2D eigenvalue weighted by molar-refractivity contribution is -0.385. The van der Waals surface area contributed by atoms with E-state index >= 15 is 0 Å². The van der Waals surface area contributed by atoms with Crippen molar-refractivity contribution in [3.05, 3.63) is 34.4 Å². The van der Waals surface area contributed by atoms with Gasteiger partial charge in [-0.1, -0.05) is 12.1 Å². The van der Waals surface area contributed by atoms with E-state index in [2.05, 4.69) is 5.32 Å². The van der Waals surface area contributed by atoms with Crippen LogP contribution in [-0.4, -0.2) is 33.7 Å². The van der Waals surface area contributed by atoms with E-state index in [0.717, 1.165) is 19.4 Å². The predicted octanol–water partition coefficient (Wildman–Crippen LogP) is 1.12.